The van der Waals surface area contributed by atoms with Gasteiger partial charge in [-0.05, 0) is 11.6 Å². The number of nitrogens with zero attached hydrogens (tertiary/aromatic N) is 2. The Balaban J connectivity index is 2.06. The van der Waals surface area contributed by atoms with Gasteiger partial charge in [0.1, 0.15) is 19.3 Å². The molecule has 0 unspecified atom stereocenters. The second kappa shape index (κ2) is 7.12. The molecule has 1 aromatic carbocycles. The molecule has 0 spiro atoms. The minimum absolute atomic E-state index is 0.101. The third-order valence-corrected chi connectivity index (χ3v) is 2.52. The van der Waals surface area contributed by atoms with Crippen molar-refractivity contribution in [2.75, 3.05) is 13.2 Å². The number of benzene rings is 1. The van der Waals surface area contributed by atoms with Gasteiger partial charge in [0.05, 0.1) is 6.61 Å². The molecule has 1 heterocycles. The summed E-state index contributed by atoms with van der Waals surface area (Å²) in [5.74, 6) is 0.704. The van der Waals surface area contributed by atoms with Gasteiger partial charge in [-0.25, -0.2) is 0 Å². The van der Waals surface area contributed by atoms with E-state index in [1.807, 2.05) is 36.4 Å². The van der Waals surface area contributed by atoms with E-state index in [0.717, 1.165) is 5.56 Å². The minimum atomic E-state index is -0.101. The van der Waals surface area contributed by atoms with E-state index in [-0.39, 0.29) is 18.9 Å². The molecule has 1 N–H and O–H groups in total. The molecular weight excluding hydrogens is 256 g/mol. The molecule has 5 nitrogen and oxygen atoms in total. The smallest absolute Gasteiger partial charge is 0.214 e. The molecule has 2 rings (SSSR count). The van der Waals surface area contributed by atoms with Crippen LogP contribution in [-0.2, 0) is 6.61 Å². The molecule has 0 aliphatic carbocycles. The van der Waals surface area contributed by atoms with Crippen molar-refractivity contribution in [1.29, 1.82) is 5.26 Å². The van der Waals surface area contributed by atoms with Crippen LogP contribution in [0.5, 0.6) is 11.6 Å². The van der Waals surface area contributed by atoms with Crippen LogP contribution < -0.4 is 9.47 Å². The summed E-state index contributed by atoms with van der Waals surface area (Å²) < 4.78 is 10.7. The average molecular weight is 270 g/mol. The summed E-state index contributed by atoms with van der Waals surface area (Å²) in [6, 6.07) is 14.9. The Morgan fingerprint density at radius 3 is 2.60 bits per heavy atom. The summed E-state index contributed by atoms with van der Waals surface area (Å²) in [5.41, 5.74) is 1.17. The Morgan fingerprint density at radius 1 is 1.10 bits per heavy atom. The van der Waals surface area contributed by atoms with Crippen LogP contribution in [0.4, 0.5) is 0 Å². The van der Waals surface area contributed by atoms with E-state index in [9.17, 15) is 0 Å². The van der Waals surface area contributed by atoms with Gasteiger partial charge in [0.25, 0.3) is 0 Å². The molecule has 0 saturated heterocycles. The lowest BCUT2D eigenvalue weighted by Crippen LogP contribution is -2.05. The molecular formula is C15H14N2O3. The fourth-order valence-corrected chi connectivity index (χ4v) is 1.59. The fraction of sp³-hybridized carbons (Fsp3) is 0.200. The Labute approximate surface area is 117 Å². The molecule has 0 saturated carbocycles. The summed E-state index contributed by atoms with van der Waals surface area (Å²) in [6.07, 6.45) is 0. The van der Waals surface area contributed by atoms with E-state index in [1.165, 1.54) is 0 Å². The predicted octanol–water partition coefficient (Wildman–Crippen LogP) is 1.90. The first kappa shape index (κ1) is 13.8. The predicted molar refractivity (Wildman–Crippen MR) is 72.3 cm³/mol. The zero-order chi connectivity index (χ0) is 14.2. The maximum absolute atomic E-state index is 9.07. The van der Waals surface area contributed by atoms with Crippen molar-refractivity contribution >= 4 is 0 Å². The molecule has 0 amide bonds. The first-order chi connectivity index (χ1) is 9.83. The van der Waals surface area contributed by atoms with Crippen LogP contribution in [-0.4, -0.2) is 23.3 Å². The zero-order valence-electron chi connectivity index (χ0n) is 10.8. The molecule has 0 aliphatic rings. The summed E-state index contributed by atoms with van der Waals surface area (Å²) >= 11 is 0. The molecule has 0 bridgehead atoms. The Bertz CT molecular complexity index is 594. The highest BCUT2D eigenvalue weighted by Gasteiger charge is 2.07. The van der Waals surface area contributed by atoms with E-state index in [1.54, 1.807) is 12.1 Å². The van der Waals surface area contributed by atoms with Gasteiger partial charge in [0, 0.05) is 6.07 Å². The quantitative estimate of drug-likeness (QED) is 0.867. The second-order valence-electron chi connectivity index (χ2n) is 3.95. The van der Waals surface area contributed by atoms with E-state index >= 15 is 0 Å². The SMILES string of the molecule is N#Cc1nc(OCCO)ccc1OCc1ccccc1. The average Bonchev–Trinajstić information content (AvgIpc) is 2.52. The van der Waals surface area contributed by atoms with Gasteiger partial charge in [0.2, 0.25) is 5.88 Å². The summed E-state index contributed by atoms with van der Waals surface area (Å²) in [7, 11) is 0. The number of hydrogen-bond acceptors (Lipinski definition) is 5. The number of aliphatic hydroxyl groups is 1. The van der Waals surface area contributed by atoms with Crippen molar-refractivity contribution in [2.45, 2.75) is 6.61 Å². The zero-order valence-corrected chi connectivity index (χ0v) is 10.8. The molecule has 0 aliphatic heterocycles. The third-order valence-electron chi connectivity index (χ3n) is 2.52. The van der Waals surface area contributed by atoms with Gasteiger partial charge >= 0.3 is 0 Å². The Morgan fingerprint density at radius 2 is 1.90 bits per heavy atom. The van der Waals surface area contributed by atoms with Gasteiger partial charge in [-0.15, -0.1) is 0 Å². The monoisotopic (exact) mass is 270 g/mol. The number of ether oxygens (including phenoxy) is 2. The van der Waals surface area contributed by atoms with Crippen LogP contribution in [0.15, 0.2) is 42.5 Å². The van der Waals surface area contributed by atoms with E-state index < -0.39 is 0 Å². The van der Waals surface area contributed by atoms with Crippen molar-refractivity contribution in [3.63, 3.8) is 0 Å². The van der Waals surface area contributed by atoms with Crippen LogP contribution in [0, 0.1) is 11.3 Å². The Kier molecular flexibility index (Phi) is 4.93. The highest BCUT2D eigenvalue weighted by molar-refractivity contribution is 5.39. The van der Waals surface area contributed by atoms with Crippen LogP contribution in [0.3, 0.4) is 0 Å². The summed E-state index contributed by atoms with van der Waals surface area (Å²) in [4.78, 5) is 4.02. The first-order valence-electron chi connectivity index (χ1n) is 6.15. The number of hydrogen-bond donors (Lipinski definition) is 1. The number of aliphatic hydroxyl groups excluding tert-OH is 1. The second-order valence-corrected chi connectivity index (χ2v) is 3.95. The molecule has 2 aromatic rings. The number of aromatic nitrogens is 1. The lowest BCUT2D eigenvalue weighted by molar-refractivity contribution is 0.196. The van der Waals surface area contributed by atoms with Crippen molar-refractivity contribution < 1.29 is 14.6 Å². The number of pyridine rings is 1. The van der Waals surface area contributed by atoms with E-state index in [2.05, 4.69) is 4.98 Å². The van der Waals surface area contributed by atoms with Gasteiger partial charge in [-0.3, -0.25) is 0 Å². The summed E-state index contributed by atoms with van der Waals surface area (Å²) in [5, 5.41) is 17.7. The van der Waals surface area contributed by atoms with Crippen LogP contribution in [0.2, 0.25) is 0 Å². The maximum Gasteiger partial charge on any atom is 0.214 e. The summed E-state index contributed by atoms with van der Waals surface area (Å²) in [6.45, 7) is 0.409. The number of rotatable bonds is 6. The molecule has 0 radical (unpaired) electrons. The van der Waals surface area contributed by atoms with Crippen LogP contribution in [0.1, 0.15) is 11.3 Å². The molecule has 5 heteroatoms. The van der Waals surface area contributed by atoms with Gasteiger partial charge < -0.3 is 14.6 Å². The van der Waals surface area contributed by atoms with E-state index in [0.29, 0.717) is 18.2 Å². The lowest BCUT2D eigenvalue weighted by Gasteiger charge is -2.09. The fourth-order valence-electron chi connectivity index (χ4n) is 1.59. The van der Waals surface area contributed by atoms with Gasteiger partial charge in [-0.1, -0.05) is 30.3 Å². The molecule has 102 valence electrons. The maximum atomic E-state index is 9.07. The molecule has 0 fully saturated rings. The molecule has 20 heavy (non-hydrogen) atoms. The first-order valence-corrected chi connectivity index (χ1v) is 6.15. The van der Waals surface area contributed by atoms with Crippen molar-refractivity contribution in [3.05, 3.63) is 53.7 Å². The highest BCUT2D eigenvalue weighted by atomic mass is 16.5. The Hall–Kier alpha value is -2.58. The highest BCUT2D eigenvalue weighted by Crippen LogP contribution is 2.20. The third kappa shape index (κ3) is 3.70. The van der Waals surface area contributed by atoms with Crippen molar-refractivity contribution in [3.8, 4) is 17.7 Å². The minimum Gasteiger partial charge on any atom is -0.486 e. The van der Waals surface area contributed by atoms with Gasteiger partial charge in [-0.2, -0.15) is 10.2 Å². The van der Waals surface area contributed by atoms with E-state index in [4.69, 9.17) is 19.8 Å². The topological polar surface area (TPSA) is 75.4 Å². The largest absolute Gasteiger partial charge is 0.486 e. The lowest BCUT2D eigenvalue weighted by atomic mass is 10.2. The molecule has 0 atom stereocenters. The van der Waals surface area contributed by atoms with Crippen LogP contribution >= 0.6 is 0 Å². The standard InChI is InChI=1S/C15H14N2O3/c16-10-13-14(6-7-15(17-13)19-9-8-18)20-11-12-4-2-1-3-5-12/h1-7,18H,8-9,11H2. The van der Waals surface area contributed by atoms with Gasteiger partial charge in [0.15, 0.2) is 11.4 Å². The molecule has 1 aromatic heterocycles. The van der Waals surface area contributed by atoms with Crippen molar-refractivity contribution in [2.24, 2.45) is 0 Å². The normalized spacial score (nSPS) is 9.80. The van der Waals surface area contributed by atoms with Crippen molar-refractivity contribution in [1.82, 2.24) is 4.98 Å². The number of nitriles is 1. The van der Waals surface area contributed by atoms with Crippen LogP contribution in [0.25, 0.3) is 0 Å².